The fourth-order valence-electron chi connectivity index (χ4n) is 5.27. The first-order valence-corrected chi connectivity index (χ1v) is 16.2. The number of ether oxygens (including phenoxy) is 3. The van der Waals surface area contributed by atoms with Gasteiger partial charge < -0.3 is 44.6 Å². The van der Waals surface area contributed by atoms with E-state index in [1.807, 2.05) is 0 Å². The van der Waals surface area contributed by atoms with Crippen molar-refractivity contribution in [3.05, 3.63) is 10.4 Å². The van der Waals surface area contributed by atoms with Crippen LogP contribution in [-0.2, 0) is 9.47 Å². The Morgan fingerprint density at radius 2 is 1.07 bits per heavy atom. The van der Waals surface area contributed by atoms with Gasteiger partial charge in [0.1, 0.15) is 26.2 Å². The third-order valence-corrected chi connectivity index (χ3v) is 7.97. The molecule has 3 heterocycles. The van der Waals surface area contributed by atoms with E-state index in [1.54, 1.807) is 0 Å². The van der Waals surface area contributed by atoms with Gasteiger partial charge in [-0.3, -0.25) is 0 Å². The summed E-state index contributed by atoms with van der Waals surface area (Å²) in [7, 11) is 0. The predicted molar refractivity (Wildman–Crippen MR) is 161 cm³/mol. The Labute approximate surface area is 246 Å². The number of hydrogen-bond acceptors (Lipinski definition) is 10. The van der Waals surface area contributed by atoms with Gasteiger partial charge in [0.15, 0.2) is 0 Å². The molecule has 0 amide bonds. The summed E-state index contributed by atoms with van der Waals surface area (Å²) in [5, 5.41) is 32.0. The van der Waals surface area contributed by atoms with Crippen molar-refractivity contribution in [2.45, 2.75) is 84.0 Å². The van der Waals surface area contributed by atoms with Crippen LogP contribution in [0.4, 0.5) is 11.9 Å². The van der Waals surface area contributed by atoms with E-state index in [4.69, 9.17) is 14.2 Å². The molecule has 2 aliphatic rings. The topological polar surface area (TPSA) is 137 Å². The molecule has 12 heteroatoms. The normalized spacial score (nSPS) is 18.2. The Balaban J connectivity index is 1.41. The number of nitrogens with zero attached hydrogens (tertiary/aromatic N) is 5. The Morgan fingerprint density at radius 1 is 0.634 bits per heavy atom. The number of morpholine rings is 2. The van der Waals surface area contributed by atoms with Crippen molar-refractivity contribution < 1.29 is 23.5 Å². The smallest absolute Gasteiger partial charge is 0.323 e. The summed E-state index contributed by atoms with van der Waals surface area (Å²) in [5.41, 5.74) is 0. The maximum absolute atomic E-state index is 12.7. The Morgan fingerprint density at radius 3 is 1.54 bits per heavy atom. The van der Waals surface area contributed by atoms with E-state index in [2.05, 4.69) is 32.5 Å². The predicted octanol–water partition coefficient (Wildman–Crippen LogP) is 4.46. The molecule has 0 aliphatic carbocycles. The number of rotatable bonds is 22. The van der Waals surface area contributed by atoms with Crippen molar-refractivity contribution in [1.29, 1.82) is 0 Å². The second-order valence-corrected chi connectivity index (χ2v) is 11.5. The van der Waals surface area contributed by atoms with Crippen LogP contribution in [0.2, 0.25) is 0 Å². The molecule has 0 bridgehead atoms. The maximum Gasteiger partial charge on any atom is 0.323 e. The third-order valence-electron chi connectivity index (χ3n) is 7.97. The minimum Gasteiger partial charge on any atom is -0.633 e. The summed E-state index contributed by atoms with van der Waals surface area (Å²) >= 11 is 0. The number of nitrogens with one attached hydrogen (secondary N) is 2. The number of anilines is 2. The highest BCUT2D eigenvalue weighted by Gasteiger charge is 2.21. The zero-order chi connectivity index (χ0) is 29.1. The Hall–Kier alpha value is -1.83. The highest BCUT2D eigenvalue weighted by atomic mass is 16.6. The molecule has 0 saturated carbocycles. The van der Waals surface area contributed by atoms with Crippen LogP contribution < -0.4 is 15.4 Å². The summed E-state index contributed by atoms with van der Waals surface area (Å²) in [6.45, 7) is 9.20. The van der Waals surface area contributed by atoms with Crippen LogP contribution in [0.5, 0.6) is 6.01 Å². The number of unbranched alkanes of at least 4 members (excludes halogenated alkanes) is 9. The molecular weight excluding hydrogens is 526 g/mol. The average molecular weight is 582 g/mol. The lowest BCUT2D eigenvalue weighted by atomic mass is 10.1. The monoisotopic (exact) mass is 581 g/mol. The van der Waals surface area contributed by atoms with Crippen molar-refractivity contribution in [1.82, 2.24) is 15.0 Å². The molecule has 236 valence electrons. The fourth-order valence-corrected chi connectivity index (χ4v) is 5.27. The molecule has 1 aromatic rings. The van der Waals surface area contributed by atoms with Crippen molar-refractivity contribution in [2.75, 3.05) is 96.0 Å². The van der Waals surface area contributed by atoms with Crippen LogP contribution in [-0.4, -0.2) is 110 Å². The van der Waals surface area contributed by atoms with E-state index >= 15 is 0 Å². The van der Waals surface area contributed by atoms with E-state index in [1.165, 1.54) is 51.4 Å². The molecule has 3 rings (SSSR count). The molecule has 2 fully saturated rings. The SMILES string of the molecule is CCCCCCCCCCCCOc1nc(NCCC[N+]2([O-])CCOCC2)nc(NCCC[N+]2([O-])CCOCC2)n1. The molecule has 2 aliphatic heterocycles. The van der Waals surface area contributed by atoms with E-state index in [-0.39, 0.29) is 9.29 Å². The van der Waals surface area contributed by atoms with Gasteiger partial charge >= 0.3 is 6.01 Å². The van der Waals surface area contributed by atoms with Crippen LogP contribution in [0.25, 0.3) is 0 Å². The first-order valence-electron chi connectivity index (χ1n) is 16.2. The van der Waals surface area contributed by atoms with E-state index in [0.29, 0.717) is 116 Å². The summed E-state index contributed by atoms with van der Waals surface area (Å²) in [6.07, 6.45) is 14.1. The number of aromatic nitrogens is 3. The minimum atomic E-state index is -0.204. The number of hydroxylamine groups is 6. The molecule has 41 heavy (non-hydrogen) atoms. The third kappa shape index (κ3) is 14.3. The molecule has 0 atom stereocenters. The standard InChI is InChI=1S/C29H55N7O5/c1-2-3-4-5-6-7-8-9-10-11-22-41-29-33-27(30-14-12-16-35(37)18-23-39-24-19-35)32-28(34-29)31-15-13-17-36(38)20-25-40-26-21-36/h2-26H2,1H3,(H2,30,31,32,33,34). The molecule has 0 unspecified atom stereocenters. The van der Waals surface area contributed by atoms with Crippen molar-refractivity contribution in [3.8, 4) is 6.01 Å². The summed E-state index contributed by atoms with van der Waals surface area (Å²) in [6, 6.07) is 0.293. The summed E-state index contributed by atoms with van der Waals surface area (Å²) in [4.78, 5) is 13.4. The highest BCUT2D eigenvalue weighted by molar-refractivity contribution is 5.35. The molecule has 2 N–H and O–H groups in total. The zero-order valence-electron chi connectivity index (χ0n) is 25.5. The molecule has 2 saturated heterocycles. The molecule has 0 aromatic carbocycles. The molecular formula is C29H55N7O5. The van der Waals surface area contributed by atoms with Crippen LogP contribution in [0.1, 0.15) is 84.0 Å². The number of hydrogen-bond donors (Lipinski definition) is 2. The van der Waals surface area contributed by atoms with Gasteiger partial charge in [-0.2, -0.15) is 15.0 Å². The zero-order valence-corrected chi connectivity index (χ0v) is 25.5. The van der Waals surface area contributed by atoms with Crippen molar-refractivity contribution in [3.63, 3.8) is 0 Å². The van der Waals surface area contributed by atoms with Crippen LogP contribution in [0, 0.1) is 10.4 Å². The average Bonchev–Trinajstić information content (AvgIpc) is 2.97. The van der Waals surface area contributed by atoms with Crippen LogP contribution >= 0.6 is 0 Å². The lowest BCUT2D eigenvalue weighted by Crippen LogP contribution is -2.51. The van der Waals surface area contributed by atoms with Gasteiger partial charge in [-0.15, -0.1) is 0 Å². The van der Waals surface area contributed by atoms with Crippen molar-refractivity contribution in [2.24, 2.45) is 0 Å². The van der Waals surface area contributed by atoms with E-state index in [0.717, 1.165) is 12.8 Å². The lowest BCUT2D eigenvalue weighted by Gasteiger charge is -2.45. The second kappa shape index (κ2) is 19.4. The molecule has 12 nitrogen and oxygen atoms in total. The van der Waals surface area contributed by atoms with Gasteiger partial charge in [-0.05, 0) is 6.42 Å². The first-order chi connectivity index (χ1) is 20.0. The van der Waals surface area contributed by atoms with Gasteiger partial charge in [0.2, 0.25) is 11.9 Å². The molecule has 1 aromatic heterocycles. The van der Waals surface area contributed by atoms with Crippen LogP contribution in [0.15, 0.2) is 0 Å². The van der Waals surface area contributed by atoms with Gasteiger partial charge in [-0.1, -0.05) is 64.7 Å². The fraction of sp³-hybridized carbons (Fsp3) is 0.897. The largest absolute Gasteiger partial charge is 0.633 e. The van der Waals surface area contributed by atoms with Crippen molar-refractivity contribution >= 4 is 11.9 Å². The second-order valence-electron chi connectivity index (χ2n) is 11.5. The first kappa shape index (κ1) is 33.7. The molecule has 0 spiro atoms. The molecule has 0 radical (unpaired) electrons. The number of quaternary nitrogens is 2. The summed E-state index contributed by atoms with van der Waals surface area (Å²) in [5.74, 6) is 0.862. The maximum atomic E-state index is 12.7. The Kier molecular flexibility index (Phi) is 15.9. The summed E-state index contributed by atoms with van der Waals surface area (Å²) < 4.78 is 16.2. The van der Waals surface area contributed by atoms with E-state index < -0.39 is 0 Å². The van der Waals surface area contributed by atoms with Gasteiger partial charge in [0.05, 0.1) is 46.1 Å². The van der Waals surface area contributed by atoms with Gasteiger partial charge in [0, 0.05) is 25.9 Å². The minimum absolute atomic E-state index is 0.204. The Bertz CT molecular complexity index is 772. The van der Waals surface area contributed by atoms with Crippen LogP contribution in [0.3, 0.4) is 0 Å². The van der Waals surface area contributed by atoms with Gasteiger partial charge in [-0.25, -0.2) is 0 Å². The van der Waals surface area contributed by atoms with Gasteiger partial charge in [0.25, 0.3) is 0 Å². The van der Waals surface area contributed by atoms with E-state index in [9.17, 15) is 10.4 Å². The quantitative estimate of drug-likeness (QED) is 0.115. The lowest BCUT2D eigenvalue weighted by molar-refractivity contribution is -0.888. The highest BCUT2D eigenvalue weighted by Crippen LogP contribution is 2.16.